The number of nitrogens with zero attached hydrogens (tertiary/aromatic N) is 7. The van der Waals surface area contributed by atoms with E-state index < -0.39 is 70.1 Å². The Morgan fingerprint density at radius 3 is 1.78 bits per heavy atom. The van der Waals surface area contributed by atoms with Crippen LogP contribution in [-0.4, -0.2) is 67.7 Å². The number of aromatic nitrogens is 2. The molecule has 0 saturated heterocycles. The zero-order valence-electron chi connectivity index (χ0n) is 32.9. The number of fused-ring (bicyclic) bond motifs is 2. The molecule has 352 valence electrons. The van der Waals surface area contributed by atoms with Crippen LogP contribution in [0.25, 0.3) is 27.2 Å². The summed E-state index contributed by atoms with van der Waals surface area (Å²) in [5.41, 5.74) is -3.31. The number of aromatic carboxylic acids is 1. The molecule has 0 unspecified atom stereocenters. The highest BCUT2D eigenvalue weighted by atomic mass is 32.2. The third kappa shape index (κ3) is 11.2. The van der Waals surface area contributed by atoms with Crippen LogP contribution >= 0.6 is 36.1 Å². The van der Waals surface area contributed by atoms with Crippen LogP contribution in [0.2, 0.25) is 0 Å². The molecule has 0 spiro atoms. The highest BCUT2D eigenvalue weighted by molar-refractivity contribution is 7.95. The molecule has 0 aliphatic rings. The van der Waals surface area contributed by atoms with Gasteiger partial charge in [0.15, 0.2) is 17.1 Å². The Morgan fingerprint density at radius 1 is 0.603 bits per heavy atom. The van der Waals surface area contributed by atoms with Crippen LogP contribution in [0.3, 0.4) is 0 Å². The Morgan fingerprint density at radius 2 is 1.18 bits per heavy atom. The molecule has 1 heterocycles. The first-order chi connectivity index (χ1) is 32.5. The fraction of sp³-hybridized carbons (Fsp3) is 0. The number of aromatic hydroxyl groups is 1. The standard InChI is InChI=1S/C36H24N8O19S5/c45-34-24-16-28(40-42-32-33(36(47)48)43-44(35(32)46)19-3-7-21(8-4-19)65-62-59-50)30(68(55,56)57)14-17(24)13-29(66-63-60-51)31(34)41-39-27-12-11-26(23-10-9-22(15-25(23)27)67(52,53)54)38-37-18-1-5-20(6-2-18)64-61-58-49/h1-16,43,45,49-51H,(H,47,48)(H,52,53,54)(H,55,56,57). The van der Waals surface area contributed by atoms with Crippen LogP contribution < -0.4 is 5.56 Å². The van der Waals surface area contributed by atoms with E-state index in [0.717, 1.165) is 35.0 Å². The Kier molecular flexibility index (Phi) is 15.4. The van der Waals surface area contributed by atoms with Gasteiger partial charge in [-0.1, -0.05) is 21.2 Å². The average molecular weight is 1030 g/mol. The minimum Gasteiger partial charge on any atom is -0.505 e. The van der Waals surface area contributed by atoms with Gasteiger partial charge in [-0.15, -0.1) is 38.6 Å². The number of carboxylic acids is 1. The number of aromatic amines is 1. The van der Waals surface area contributed by atoms with E-state index in [1.807, 2.05) is 0 Å². The SMILES string of the molecule is O=C(O)c1[nH]n(-c2ccc(SOOO)cc2)c(=O)c1N=Nc1cc2c(O)c(N=Nc3ccc(N=Nc4ccc(SOOO)cc4)c4ccc(S(=O)(=O)O)cc34)c(SOOO)cc2cc1S(=O)(=O)O. The lowest BCUT2D eigenvalue weighted by Crippen LogP contribution is -2.13. The third-order valence-corrected chi connectivity index (χ3v) is 12.5. The van der Waals surface area contributed by atoms with Crippen LogP contribution in [0, 0.1) is 0 Å². The molecule has 1 aromatic heterocycles. The largest absolute Gasteiger partial charge is 0.505 e. The molecule has 27 nitrogen and oxygen atoms in total. The van der Waals surface area contributed by atoms with Gasteiger partial charge in [0.1, 0.15) is 16.3 Å². The van der Waals surface area contributed by atoms with E-state index in [-0.39, 0.29) is 55.5 Å². The highest BCUT2D eigenvalue weighted by Gasteiger charge is 2.25. The summed E-state index contributed by atoms with van der Waals surface area (Å²) in [7, 11) is -9.97. The summed E-state index contributed by atoms with van der Waals surface area (Å²) < 4.78 is 83.9. The van der Waals surface area contributed by atoms with Gasteiger partial charge in [0, 0.05) is 25.9 Å². The summed E-state index contributed by atoms with van der Waals surface area (Å²) >= 11 is 1.56. The molecular weight excluding hydrogens is 1010 g/mol. The second-order valence-electron chi connectivity index (χ2n) is 12.9. The molecule has 0 aliphatic heterocycles. The van der Waals surface area contributed by atoms with Gasteiger partial charge in [-0.25, -0.2) is 25.2 Å². The first kappa shape index (κ1) is 49.3. The van der Waals surface area contributed by atoms with Crippen molar-refractivity contribution in [2.45, 2.75) is 24.5 Å². The molecule has 7 rings (SSSR count). The number of rotatable bonds is 19. The van der Waals surface area contributed by atoms with Crippen molar-refractivity contribution < 1.29 is 84.8 Å². The summed E-state index contributed by atoms with van der Waals surface area (Å²) in [4.78, 5) is 24.9. The summed E-state index contributed by atoms with van der Waals surface area (Å²) in [5, 5.41) is 84.6. The monoisotopic (exact) mass is 1030 g/mol. The predicted octanol–water partition coefficient (Wildman–Crippen LogP) is 9.90. The number of hydrogen-bond donors (Lipinski definition) is 8. The topological polar surface area (TPSA) is 394 Å². The molecule has 0 amide bonds. The number of nitrogens with one attached hydrogen (secondary N) is 1. The summed E-state index contributed by atoms with van der Waals surface area (Å²) in [6.45, 7) is 0. The van der Waals surface area contributed by atoms with E-state index >= 15 is 0 Å². The lowest BCUT2D eigenvalue weighted by Gasteiger charge is -2.11. The lowest BCUT2D eigenvalue weighted by molar-refractivity contribution is -0.432. The molecule has 7 aromatic rings. The minimum absolute atomic E-state index is 0.0430. The summed E-state index contributed by atoms with van der Waals surface area (Å²) in [6, 6.07) is 21.0. The van der Waals surface area contributed by atoms with E-state index in [1.165, 1.54) is 42.5 Å². The van der Waals surface area contributed by atoms with Crippen molar-refractivity contribution in [3.8, 4) is 11.4 Å². The Labute approximate surface area is 390 Å². The zero-order valence-corrected chi connectivity index (χ0v) is 37.0. The second kappa shape index (κ2) is 21.2. The Hall–Kier alpha value is -6.57. The minimum atomic E-state index is -5.19. The van der Waals surface area contributed by atoms with Crippen molar-refractivity contribution in [2.75, 3.05) is 0 Å². The van der Waals surface area contributed by atoms with Crippen LogP contribution in [0.4, 0.5) is 34.1 Å². The Bertz CT molecular complexity index is 3440. The number of phenolic OH excluding ortho intramolecular Hbond substituents is 1. The van der Waals surface area contributed by atoms with Gasteiger partial charge in [0.25, 0.3) is 25.8 Å². The van der Waals surface area contributed by atoms with E-state index in [4.69, 9.17) is 15.8 Å². The van der Waals surface area contributed by atoms with Crippen LogP contribution in [0.5, 0.6) is 5.75 Å². The van der Waals surface area contributed by atoms with E-state index in [2.05, 4.69) is 63.9 Å². The lowest BCUT2D eigenvalue weighted by atomic mass is 10.1. The number of phenols is 1. The molecule has 0 atom stereocenters. The van der Waals surface area contributed by atoms with Crippen molar-refractivity contribution in [3.63, 3.8) is 0 Å². The maximum Gasteiger partial charge on any atom is 0.356 e. The van der Waals surface area contributed by atoms with Crippen molar-refractivity contribution in [1.82, 2.24) is 9.78 Å². The third-order valence-electron chi connectivity index (χ3n) is 8.92. The van der Waals surface area contributed by atoms with Crippen molar-refractivity contribution >= 4 is 118 Å². The van der Waals surface area contributed by atoms with Crippen molar-refractivity contribution in [2.24, 2.45) is 30.7 Å². The maximum atomic E-state index is 13.5. The molecule has 32 heteroatoms. The Balaban J connectivity index is 1.32. The van der Waals surface area contributed by atoms with Crippen LogP contribution in [0.1, 0.15) is 10.5 Å². The van der Waals surface area contributed by atoms with E-state index in [0.29, 0.717) is 39.6 Å². The number of azo groups is 3. The van der Waals surface area contributed by atoms with Crippen LogP contribution in [-0.2, 0) is 48.4 Å². The summed E-state index contributed by atoms with van der Waals surface area (Å²) in [5.74, 6) is -2.46. The fourth-order valence-corrected chi connectivity index (χ4v) is 8.34. The molecule has 0 saturated carbocycles. The average Bonchev–Trinajstić information content (AvgIpc) is 3.65. The van der Waals surface area contributed by atoms with Crippen molar-refractivity contribution in [1.29, 1.82) is 0 Å². The quantitative estimate of drug-likeness (QED) is 0.0123. The van der Waals surface area contributed by atoms with E-state index in [1.54, 1.807) is 24.3 Å². The summed E-state index contributed by atoms with van der Waals surface area (Å²) in [6.07, 6.45) is 0. The zero-order chi connectivity index (χ0) is 48.8. The molecular formula is C36H24N8O19S5. The van der Waals surface area contributed by atoms with Gasteiger partial charge in [0.2, 0.25) is 0 Å². The number of H-pyrrole nitrogens is 1. The van der Waals surface area contributed by atoms with Gasteiger partial charge >= 0.3 is 5.97 Å². The molecule has 0 fully saturated rings. The first-order valence-electron chi connectivity index (χ1n) is 17.8. The van der Waals surface area contributed by atoms with Crippen molar-refractivity contribution in [3.05, 3.63) is 113 Å². The van der Waals surface area contributed by atoms with Crippen LogP contribution in [0.15, 0.2) is 157 Å². The molecule has 8 N–H and O–H groups in total. The van der Waals surface area contributed by atoms with E-state index in [9.17, 15) is 45.7 Å². The number of carboxylic acid groups (broad SMARTS) is 1. The molecule has 68 heavy (non-hydrogen) atoms. The first-order valence-corrected chi connectivity index (χ1v) is 22.9. The highest BCUT2D eigenvalue weighted by Crippen LogP contribution is 2.47. The van der Waals surface area contributed by atoms with Gasteiger partial charge in [0.05, 0.1) is 68.7 Å². The molecule has 0 aliphatic carbocycles. The molecule has 0 radical (unpaired) electrons. The van der Waals surface area contributed by atoms with Gasteiger partial charge in [-0.05, 0) is 96.4 Å². The van der Waals surface area contributed by atoms with Gasteiger partial charge in [-0.2, -0.15) is 21.9 Å². The molecule has 0 bridgehead atoms. The fourth-order valence-electron chi connectivity index (χ4n) is 5.99. The normalized spacial score (nSPS) is 12.4. The molecule has 6 aromatic carbocycles. The maximum absolute atomic E-state index is 13.5. The van der Waals surface area contributed by atoms with Gasteiger partial charge in [-0.3, -0.25) is 19.0 Å². The number of benzene rings is 6. The predicted molar refractivity (Wildman–Crippen MR) is 233 cm³/mol. The van der Waals surface area contributed by atoms with Gasteiger partial charge < -0.3 is 10.2 Å². The smallest absolute Gasteiger partial charge is 0.356 e. The second-order valence-corrected chi connectivity index (χ2v) is 18.0. The number of carbonyl (C=O) groups is 1. The number of hydrogen-bond acceptors (Lipinski definition) is 25.